The third-order valence-electron chi connectivity index (χ3n) is 3.58. The van der Waals surface area contributed by atoms with Gasteiger partial charge in [-0.15, -0.1) is 12.4 Å². The average molecular weight is 247 g/mol. The van der Waals surface area contributed by atoms with Crippen LogP contribution in [0, 0.1) is 11.3 Å². The molecule has 0 aliphatic carbocycles. The number of amides is 1. The molecule has 0 aromatic rings. The van der Waals surface area contributed by atoms with Crippen molar-refractivity contribution < 1.29 is 4.79 Å². The summed E-state index contributed by atoms with van der Waals surface area (Å²) < 4.78 is 0. The number of likely N-dealkylation sites (tertiary alicyclic amines) is 1. The van der Waals surface area contributed by atoms with E-state index >= 15 is 0 Å². The number of fused-ring (bicyclic) bond motifs is 1. The lowest BCUT2D eigenvalue weighted by Gasteiger charge is -2.38. The van der Waals surface area contributed by atoms with Gasteiger partial charge in [-0.25, -0.2) is 0 Å². The van der Waals surface area contributed by atoms with Gasteiger partial charge in [0.1, 0.15) is 0 Å². The van der Waals surface area contributed by atoms with Crippen LogP contribution in [-0.4, -0.2) is 36.5 Å². The number of rotatable bonds is 0. The largest absolute Gasteiger partial charge is 0.342 e. The first-order chi connectivity index (χ1) is 6.98. The molecule has 2 unspecified atom stereocenters. The fourth-order valence-corrected chi connectivity index (χ4v) is 2.71. The van der Waals surface area contributed by atoms with Crippen molar-refractivity contribution >= 4 is 18.3 Å². The second-order valence-corrected chi connectivity index (χ2v) is 5.90. The Morgan fingerprint density at radius 2 is 2.00 bits per heavy atom. The predicted octanol–water partition coefficient (Wildman–Crippen LogP) is 1.66. The molecule has 4 heteroatoms. The molecule has 0 radical (unpaired) electrons. The lowest BCUT2D eigenvalue weighted by Crippen LogP contribution is -2.50. The molecular weight excluding hydrogens is 224 g/mol. The molecule has 0 aromatic carbocycles. The van der Waals surface area contributed by atoms with Gasteiger partial charge >= 0.3 is 0 Å². The maximum Gasteiger partial charge on any atom is 0.227 e. The minimum atomic E-state index is -0.223. The Labute approximate surface area is 104 Å². The monoisotopic (exact) mass is 246 g/mol. The van der Waals surface area contributed by atoms with Crippen LogP contribution in [0.1, 0.15) is 33.6 Å². The van der Waals surface area contributed by atoms with Gasteiger partial charge in [0.25, 0.3) is 0 Å². The number of halogens is 1. The molecule has 2 saturated heterocycles. The van der Waals surface area contributed by atoms with E-state index in [1.807, 2.05) is 20.8 Å². The molecule has 0 saturated carbocycles. The van der Waals surface area contributed by atoms with E-state index in [9.17, 15) is 4.79 Å². The summed E-state index contributed by atoms with van der Waals surface area (Å²) in [6.07, 6.45) is 2.37. The van der Waals surface area contributed by atoms with E-state index in [1.165, 1.54) is 6.42 Å². The Hall–Kier alpha value is -0.280. The molecule has 2 fully saturated rings. The van der Waals surface area contributed by atoms with Gasteiger partial charge in [-0.1, -0.05) is 20.8 Å². The Balaban J connectivity index is 0.00000128. The molecule has 2 heterocycles. The highest BCUT2D eigenvalue weighted by molar-refractivity contribution is 5.85. The first kappa shape index (κ1) is 13.8. The number of nitrogens with zero attached hydrogens (tertiary/aromatic N) is 1. The van der Waals surface area contributed by atoms with Gasteiger partial charge < -0.3 is 10.2 Å². The molecule has 0 aromatic heterocycles. The molecule has 2 rings (SSSR count). The van der Waals surface area contributed by atoms with Gasteiger partial charge in [-0.3, -0.25) is 4.79 Å². The minimum absolute atomic E-state index is 0. The Morgan fingerprint density at radius 3 is 2.62 bits per heavy atom. The van der Waals surface area contributed by atoms with Gasteiger partial charge in [-0.2, -0.15) is 0 Å². The fraction of sp³-hybridized carbons (Fsp3) is 0.917. The Morgan fingerprint density at radius 1 is 1.31 bits per heavy atom. The maximum absolute atomic E-state index is 12.1. The SMILES string of the molecule is CC(C)(C)C(=O)N1CCC2NCCC2C1.Cl. The van der Waals surface area contributed by atoms with Crippen LogP contribution in [0.25, 0.3) is 0 Å². The maximum atomic E-state index is 12.1. The normalized spacial score (nSPS) is 29.6. The Kier molecular flexibility index (Phi) is 4.24. The van der Waals surface area contributed by atoms with Crippen LogP contribution >= 0.6 is 12.4 Å². The molecule has 2 aliphatic rings. The summed E-state index contributed by atoms with van der Waals surface area (Å²) in [6, 6.07) is 0.675. The van der Waals surface area contributed by atoms with Crippen LogP contribution in [0.3, 0.4) is 0 Å². The van der Waals surface area contributed by atoms with E-state index in [0.717, 1.165) is 26.1 Å². The standard InChI is InChI=1S/C12H22N2O.ClH/c1-12(2,3)11(15)14-7-5-10-9(8-14)4-6-13-10;/h9-10,13H,4-8H2,1-3H3;1H. The molecule has 0 spiro atoms. The van der Waals surface area contributed by atoms with Crippen molar-refractivity contribution in [2.24, 2.45) is 11.3 Å². The third-order valence-corrected chi connectivity index (χ3v) is 3.58. The molecule has 1 amide bonds. The highest BCUT2D eigenvalue weighted by Gasteiger charge is 2.37. The minimum Gasteiger partial charge on any atom is -0.342 e. The van der Waals surface area contributed by atoms with Crippen LogP contribution in [0.4, 0.5) is 0 Å². The molecule has 16 heavy (non-hydrogen) atoms. The smallest absolute Gasteiger partial charge is 0.227 e. The van der Waals surface area contributed by atoms with E-state index in [1.54, 1.807) is 0 Å². The summed E-state index contributed by atoms with van der Waals surface area (Å²) in [4.78, 5) is 14.2. The summed E-state index contributed by atoms with van der Waals surface area (Å²) in [5.41, 5.74) is -0.223. The molecule has 2 atom stereocenters. The van der Waals surface area contributed by atoms with Crippen LogP contribution in [0.2, 0.25) is 0 Å². The number of nitrogens with one attached hydrogen (secondary N) is 1. The average Bonchev–Trinajstić information content (AvgIpc) is 2.61. The second kappa shape index (κ2) is 4.92. The van der Waals surface area contributed by atoms with Crippen LogP contribution in [0.15, 0.2) is 0 Å². The van der Waals surface area contributed by atoms with Crippen molar-refractivity contribution in [1.29, 1.82) is 0 Å². The van der Waals surface area contributed by atoms with Gasteiger partial charge in [0.15, 0.2) is 0 Å². The lowest BCUT2D eigenvalue weighted by atomic mass is 9.89. The molecule has 1 N–H and O–H groups in total. The highest BCUT2D eigenvalue weighted by atomic mass is 35.5. The zero-order valence-electron chi connectivity index (χ0n) is 10.5. The summed E-state index contributed by atoms with van der Waals surface area (Å²) in [7, 11) is 0. The zero-order valence-corrected chi connectivity index (χ0v) is 11.3. The van der Waals surface area contributed by atoms with Crippen molar-refractivity contribution in [3.8, 4) is 0 Å². The van der Waals surface area contributed by atoms with Crippen molar-refractivity contribution in [3.63, 3.8) is 0 Å². The molecular formula is C12H23ClN2O. The van der Waals surface area contributed by atoms with Crippen LogP contribution < -0.4 is 5.32 Å². The third kappa shape index (κ3) is 2.69. The molecule has 94 valence electrons. The number of piperidine rings is 1. The van der Waals surface area contributed by atoms with Crippen LogP contribution in [0.5, 0.6) is 0 Å². The zero-order chi connectivity index (χ0) is 11.1. The number of hydrogen-bond acceptors (Lipinski definition) is 2. The van der Waals surface area contributed by atoms with Gasteiger partial charge in [0.05, 0.1) is 0 Å². The van der Waals surface area contributed by atoms with E-state index in [4.69, 9.17) is 0 Å². The lowest BCUT2D eigenvalue weighted by molar-refractivity contribution is -0.141. The second-order valence-electron chi connectivity index (χ2n) is 5.90. The van der Waals surface area contributed by atoms with Crippen LogP contribution in [-0.2, 0) is 4.79 Å². The van der Waals surface area contributed by atoms with E-state index in [0.29, 0.717) is 17.9 Å². The summed E-state index contributed by atoms with van der Waals surface area (Å²) >= 11 is 0. The van der Waals surface area contributed by atoms with E-state index in [-0.39, 0.29) is 17.8 Å². The topological polar surface area (TPSA) is 32.3 Å². The van der Waals surface area contributed by atoms with Crippen molar-refractivity contribution in [1.82, 2.24) is 10.2 Å². The van der Waals surface area contributed by atoms with E-state index in [2.05, 4.69) is 10.2 Å². The van der Waals surface area contributed by atoms with Gasteiger partial charge in [-0.05, 0) is 25.3 Å². The first-order valence-corrected chi connectivity index (χ1v) is 6.01. The highest BCUT2D eigenvalue weighted by Crippen LogP contribution is 2.27. The summed E-state index contributed by atoms with van der Waals surface area (Å²) in [6.45, 7) is 9.06. The summed E-state index contributed by atoms with van der Waals surface area (Å²) in [5, 5.41) is 3.52. The number of hydrogen-bond donors (Lipinski definition) is 1. The van der Waals surface area contributed by atoms with Crippen molar-refractivity contribution in [3.05, 3.63) is 0 Å². The van der Waals surface area contributed by atoms with Crippen molar-refractivity contribution in [2.45, 2.75) is 39.7 Å². The fourth-order valence-electron chi connectivity index (χ4n) is 2.71. The van der Waals surface area contributed by atoms with E-state index < -0.39 is 0 Å². The summed E-state index contributed by atoms with van der Waals surface area (Å²) in [5.74, 6) is 1.01. The number of carbonyl (C=O) groups is 1. The van der Waals surface area contributed by atoms with Crippen molar-refractivity contribution in [2.75, 3.05) is 19.6 Å². The van der Waals surface area contributed by atoms with Gasteiger partial charge in [0, 0.05) is 24.5 Å². The predicted molar refractivity (Wildman–Crippen MR) is 67.8 cm³/mol. The first-order valence-electron chi connectivity index (χ1n) is 6.01. The quantitative estimate of drug-likeness (QED) is 0.705. The van der Waals surface area contributed by atoms with Gasteiger partial charge in [0.2, 0.25) is 5.91 Å². The molecule has 2 aliphatic heterocycles. The molecule has 0 bridgehead atoms. The molecule has 3 nitrogen and oxygen atoms in total. The number of carbonyl (C=O) groups excluding carboxylic acids is 1. The Bertz CT molecular complexity index is 262.